The van der Waals surface area contributed by atoms with Gasteiger partial charge in [0.1, 0.15) is 0 Å². The number of fused-ring (bicyclic) bond motifs is 1. The van der Waals surface area contributed by atoms with Gasteiger partial charge in [-0.15, -0.1) is 0 Å². The van der Waals surface area contributed by atoms with Crippen molar-refractivity contribution in [3.8, 4) is 0 Å². The third-order valence-corrected chi connectivity index (χ3v) is 3.11. The second-order valence-electron chi connectivity index (χ2n) is 4.96. The molecular formula is C13H19N. The first kappa shape index (κ1) is 9.57. The smallest absolute Gasteiger partial charge is 0.0379 e. The molecule has 0 atom stereocenters. The zero-order valence-corrected chi connectivity index (χ0v) is 9.35. The Kier molecular flexibility index (Phi) is 2.26. The summed E-state index contributed by atoms with van der Waals surface area (Å²) in [7, 11) is 0. The van der Waals surface area contributed by atoms with Crippen LogP contribution in [0.4, 0.5) is 5.69 Å². The highest BCUT2D eigenvalue weighted by atomic mass is 15.0. The molecule has 1 N–H and O–H groups in total. The average Bonchev–Trinajstić information content (AvgIpc) is 2.23. The van der Waals surface area contributed by atoms with E-state index in [4.69, 9.17) is 0 Å². The van der Waals surface area contributed by atoms with Crippen LogP contribution in [0.25, 0.3) is 0 Å². The van der Waals surface area contributed by atoms with E-state index in [0.717, 1.165) is 0 Å². The van der Waals surface area contributed by atoms with Gasteiger partial charge in [-0.1, -0.05) is 12.1 Å². The lowest BCUT2D eigenvalue weighted by atomic mass is 9.98. The average molecular weight is 189 g/mol. The maximum atomic E-state index is 3.64. The highest BCUT2D eigenvalue weighted by Crippen LogP contribution is 2.30. The standard InChI is InChI=1S/C13H19N/c1-10-6-4-8-12-11(10)7-5-9-13(2,3)14-12/h4,6,8,14H,5,7,9H2,1-3H3. The van der Waals surface area contributed by atoms with Crippen LogP contribution < -0.4 is 5.32 Å². The second-order valence-corrected chi connectivity index (χ2v) is 4.96. The second kappa shape index (κ2) is 3.30. The summed E-state index contributed by atoms with van der Waals surface area (Å²) in [6.45, 7) is 6.77. The number of nitrogens with one attached hydrogen (secondary N) is 1. The number of hydrogen-bond donors (Lipinski definition) is 1. The van der Waals surface area contributed by atoms with Crippen LogP contribution in [0, 0.1) is 6.92 Å². The van der Waals surface area contributed by atoms with Crippen molar-refractivity contribution in [2.24, 2.45) is 0 Å². The van der Waals surface area contributed by atoms with Crippen molar-refractivity contribution < 1.29 is 0 Å². The van der Waals surface area contributed by atoms with E-state index < -0.39 is 0 Å². The molecule has 0 saturated carbocycles. The Morgan fingerprint density at radius 2 is 2.07 bits per heavy atom. The predicted octanol–water partition coefficient (Wildman–Crippen LogP) is 3.52. The van der Waals surface area contributed by atoms with Gasteiger partial charge in [0.05, 0.1) is 0 Å². The summed E-state index contributed by atoms with van der Waals surface area (Å²) in [6.07, 6.45) is 3.76. The first-order valence-corrected chi connectivity index (χ1v) is 5.45. The van der Waals surface area contributed by atoms with Crippen LogP contribution in [-0.4, -0.2) is 5.54 Å². The third-order valence-electron chi connectivity index (χ3n) is 3.11. The third kappa shape index (κ3) is 1.77. The number of aryl methyl sites for hydroxylation is 1. The van der Waals surface area contributed by atoms with E-state index in [1.165, 1.54) is 36.1 Å². The molecule has 0 amide bonds. The molecule has 0 radical (unpaired) electrons. The van der Waals surface area contributed by atoms with E-state index in [2.05, 4.69) is 44.3 Å². The molecule has 0 unspecified atom stereocenters. The lowest BCUT2D eigenvalue weighted by Crippen LogP contribution is -2.29. The first-order valence-electron chi connectivity index (χ1n) is 5.45. The summed E-state index contributed by atoms with van der Waals surface area (Å²) in [4.78, 5) is 0. The van der Waals surface area contributed by atoms with E-state index in [1.54, 1.807) is 0 Å². The molecule has 2 rings (SSSR count). The number of rotatable bonds is 0. The molecule has 1 aliphatic heterocycles. The van der Waals surface area contributed by atoms with Gasteiger partial charge in [-0.05, 0) is 57.2 Å². The van der Waals surface area contributed by atoms with Gasteiger partial charge in [0.15, 0.2) is 0 Å². The zero-order valence-electron chi connectivity index (χ0n) is 9.35. The van der Waals surface area contributed by atoms with E-state index >= 15 is 0 Å². The van der Waals surface area contributed by atoms with Crippen LogP contribution in [0.1, 0.15) is 37.8 Å². The quantitative estimate of drug-likeness (QED) is 0.658. The van der Waals surface area contributed by atoms with Gasteiger partial charge in [0.25, 0.3) is 0 Å². The highest BCUT2D eigenvalue weighted by Gasteiger charge is 2.22. The van der Waals surface area contributed by atoms with Crippen molar-refractivity contribution in [3.05, 3.63) is 29.3 Å². The molecule has 0 aromatic heterocycles. The summed E-state index contributed by atoms with van der Waals surface area (Å²) in [6, 6.07) is 6.55. The number of anilines is 1. The fourth-order valence-corrected chi connectivity index (χ4v) is 2.29. The van der Waals surface area contributed by atoms with Crippen LogP contribution in [0.2, 0.25) is 0 Å². The Hall–Kier alpha value is -0.980. The monoisotopic (exact) mass is 189 g/mol. The lowest BCUT2D eigenvalue weighted by molar-refractivity contribution is 0.508. The maximum Gasteiger partial charge on any atom is 0.0379 e. The van der Waals surface area contributed by atoms with Crippen molar-refractivity contribution in [2.45, 2.75) is 45.6 Å². The molecule has 1 heteroatoms. The number of benzene rings is 1. The molecule has 0 aliphatic carbocycles. The molecule has 1 aromatic rings. The molecule has 0 saturated heterocycles. The highest BCUT2D eigenvalue weighted by molar-refractivity contribution is 5.56. The summed E-state index contributed by atoms with van der Waals surface area (Å²) in [5.41, 5.74) is 4.53. The minimum Gasteiger partial charge on any atom is -0.380 e. The Morgan fingerprint density at radius 3 is 2.86 bits per heavy atom. The molecule has 0 fully saturated rings. The SMILES string of the molecule is Cc1cccc2c1CCCC(C)(C)N2. The molecule has 1 aromatic carbocycles. The fourth-order valence-electron chi connectivity index (χ4n) is 2.29. The van der Waals surface area contributed by atoms with Crippen molar-refractivity contribution >= 4 is 5.69 Å². The molecule has 1 nitrogen and oxygen atoms in total. The zero-order chi connectivity index (χ0) is 10.2. The van der Waals surface area contributed by atoms with Gasteiger partial charge in [-0.25, -0.2) is 0 Å². The molecular weight excluding hydrogens is 170 g/mol. The molecule has 1 heterocycles. The van der Waals surface area contributed by atoms with E-state index in [1.807, 2.05) is 0 Å². The first-order chi connectivity index (χ1) is 6.58. The van der Waals surface area contributed by atoms with E-state index in [9.17, 15) is 0 Å². The van der Waals surface area contributed by atoms with Crippen LogP contribution in [-0.2, 0) is 6.42 Å². The number of hydrogen-bond acceptors (Lipinski definition) is 1. The molecule has 1 aliphatic rings. The molecule has 76 valence electrons. The van der Waals surface area contributed by atoms with E-state index in [0.29, 0.717) is 0 Å². The van der Waals surface area contributed by atoms with Gasteiger partial charge in [0, 0.05) is 11.2 Å². The van der Waals surface area contributed by atoms with Crippen molar-refractivity contribution in [1.29, 1.82) is 0 Å². The minimum absolute atomic E-state index is 0.249. The summed E-state index contributed by atoms with van der Waals surface area (Å²) < 4.78 is 0. The van der Waals surface area contributed by atoms with Crippen LogP contribution in [0.3, 0.4) is 0 Å². The van der Waals surface area contributed by atoms with Gasteiger partial charge >= 0.3 is 0 Å². The predicted molar refractivity (Wildman–Crippen MR) is 61.8 cm³/mol. The largest absolute Gasteiger partial charge is 0.380 e. The molecule has 14 heavy (non-hydrogen) atoms. The summed E-state index contributed by atoms with van der Waals surface area (Å²) >= 11 is 0. The minimum atomic E-state index is 0.249. The topological polar surface area (TPSA) is 12.0 Å². The summed E-state index contributed by atoms with van der Waals surface area (Å²) in [5.74, 6) is 0. The van der Waals surface area contributed by atoms with Crippen LogP contribution in [0.15, 0.2) is 18.2 Å². The molecule has 0 bridgehead atoms. The van der Waals surface area contributed by atoms with E-state index in [-0.39, 0.29) is 5.54 Å². The fraction of sp³-hybridized carbons (Fsp3) is 0.538. The Labute approximate surface area is 86.5 Å². The Bertz CT molecular complexity index is 339. The van der Waals surface area contributed by atoms with Crippen LogP contribution in [0.5, 0.6) is 0 Å². The Balaban J connectivity index is 2.42. The summed E-state index contributed by atoms with van der Waals surface area (Å²) in [5, 5.41) is 3.64. The molecule has 0 spiro atoms. The van der Waals surface area contributed by atoms with Gasteiger partial charge in [0.2, 0.25) is 0 Å². The van der Waals surface area contributed by atoms with Gasteiger partial charge < -0.3 is 5.32 Å². The van der Waals surface area contributed by atoms with Crippen molar-refractivity contribution in [2.75, 3.05) is 5.32 Å². The van der Waals surface area contributed by atoms with Gasteiger partial charge in [-0.3, -0.25) is 0 Å². The van der Waals surface area contributed by atoms with Gasteiger partial charge in [-0.2, -0.15) is 0 Å². The Morgan fingerprint density at radius 1 is 1.29 bits per heavy atom. The van der Waals surface area contributed by atoms with Crippen LogP contribution >= 0.6 is 0 Å². The lowest BCUT2D eigenvalue weighted by Gasteiger charge is -2.25. The normalized spacial score (nSPS) is 19.4. The van der Waals surface area contributed by atoms with Crippen molar-refractivity contribution in [1.82, 2.24) is 0 Å². The maximum absolute atomic E-state index is 3.64. The van der Waals surface area contributed by atoms with Crippen molar-refractivity contribution in [3.63, 3.8) is 0 Å².